The summed E-state index contributed by atoms with van der Waals surface area (Å²) in [4.78, 5) is 2.39. The fourth-order valence-electron chi connectivity index (χ4n) is 1.54. The van der Waals surface area contributed by atoms with Gasteiger partial charge >= 0.3 is 0 Å². The van der Waals surface area contributed by atoms with Gasteiger partial charge in [-0.25, -0.2) is 0 Å². The molecule has 104 valence electrons. The van der Waals surface area contributed by atoms with Gasteiger partial charge in [0.2, 0.25) is 0 Å². The smallest absolute Gasteiger partial charge is 0.0589 e. The Balaban J connectivity index is 3.66. The van der Waals surface area contributed by atoms with E-state index in [1.807, 2.05) is 0 Å². The molecule has 0 radical (unpaired) electrons. The average Bonchev–Trinajstić information content (AvgIpc) is 2.25. The van der Waals surface area contributed by atoms with E-state index in [2.05, 4.69) is 31.0 Å². The number of rotatable bonds is 10. The van der Waals surface area contributed by atoms with E-state index in [0.717, 1.165) is 45.8 Å². The summed E-state index contributed by atoms with van der Waals surface area (Å²) in [5.74, 6) is 0. The predicted octanol–water partition coefficient (Wildman–Crippen LogP) is 1.36. The Morgan fingerprint density at radius 3 is 1.88 bits per heavy atom. The third kappa shape index (κ3) is 12.1. The van der Waals surface area contributed by atoms with Crippen molar-refractivity contribution in [2.24, 2.45) is 0 Å². The maximum atomic E-state index is 5.11. The van der Waals surface area contributed by atoms with Crippen LogP contribution in [-0.2, 0) is 9.47 Å². The fraction of sp³-hybridized carbons (Fsp3) is 1.00. The molecule has 17 heavy (non-hydrogen) atoms. The summed E-state index contributed by atoms with van der Waals surface area (Å²) < 4.78 is 10.2. The molecule has 0 aliphatic heterocycles. The van der Waals surface area contributed by atoms with Gasteiger partial charge in [-0.05, 0) is 40.3 Å². The van der Waals surface area contributed by atoms with Gasteiger partial charge in [-0.2, -0.15) is 0 Å². The third-order valence-electron chi connectivity index (χ3n) is 2.53. The molecule has 0 rings (SSSR count). The van der Waals surface area contributed by atoms with E-state index in [1.54, 1.807) is 14.2 Å². The van der Waals surface area contributed by atoms with Gasteiger partial charge in [-0.15, -0.1) is 0 Å². The Morgan fingerprint density at radius 2 is 1.47 bits per heavy atom. The van der Waals surface area contributed by atoms with Crippen LogP contribution in [0.3, 0.4) is 0 Å². The molecule has 0 aromatic carbocycles. The second-order valence-corrected chi connectivity index (χ2v) is 5.36. The van der Waals surface area contributed by atoms with Crippen LogP contribution in [0.15, 0.2) is 0 Å². The van der Waals surface area contributed by atoms with Gasteiger partial charge in [0.05, 0.1) is 13.2 Å². The van der Waals surface area contributed by atoms with Crippen LogP contribution in [0.4, 0.5) is 0 Å². The summed E-state index contributed by atoms with van der Waals surface area (Å²) in [5.41, 5.74) is 0.212. The molecule has 0 aromatic rings. The van der Waals surface area contributed by atoms with Crippen LogP contribution in [0.1, 0.15) is 27.2 Å². The summed E-state index contributed by atoms with van der Waals surface area (Å²) in [6.45, 7) is 12.3. The van der Waals surface area contributed by atoms with E-state index in [-0.39, 0.29) is 5.54 Å². The lowest BCUT2D eigenvalue weighted by Gasteiger charge is -2.24. The Hall–Kier alpha value is -0.160. The van der Waals surface area contributed by atoms with Crippen molar-refractivity contribution in [3.05, 3.63) is 0 Å². The second-order valence-electron chi connectivity index (χ2n) is 5.36. The number of hydrogen-bond donors (Lipinski definition) is 1. The SMILES string of the molecule is COCCN(CCCNC(C)(C)C)CCOC. The minimum atomic E-state index is 0.212. The molecule has 0 amide bonds. The molecule has 0 saturated heterocycles. The maximum absolute atomic E-state index is 5.11. The Labute approximate surface area is 107 Å². The van der Waals surface area contributed by atoms with E-state index >= 15 is 0 Å². The highest BCUT2D eigenvalue weighted by molar-refractivity contribution is 4.70. The molecule has 0 atom stereocenters. The van der Waals surface area contributed by atoms with Crippen molar-refractivity contribution in [2.45, 2.75) is 32.7 Å². The lowest BCUT2D eigenvalue weighted by Crippen LogP contribution is -2.38. The molecule has 0 fully saturated rings. The van der Waals surface area contributed by atoms with Crippen LogP contribution >= 0.6 is 0 Å². The first kappa shape index (κ1) is 16.8. The van der Waals surface area contributed by atoms with Gasteiger partial charge in [0.25, 0.3) is 0 Å². The summed E-state index contributed by atoms with van der Waals surface area (Å²) in [6, 6.07) is 0. The minimum absolute atomic E-state index is 0.212. The van der Waals surface area contributed by atoms with E-state index in [1.165, 1.54) is 0 Å². The van der Waals surface area contributed by atoms with Crippen LogP contribution < -0.4 is 5.32 Å². The lowest BCUT2D eigenvalue weighted by molar-refractivity contribution is 0.113. The highest BCUT2D eigenvalue weighted by Crippen LogP contribution is 1.99. The number of hydrogen-bond acceptors (Lipinski definition) is 4. The molecule has 0 heterocycles. The number of nitrogens with zero attached hydrogens (tertiary/aromatic N) is 1. The summed E-state index contributed by atoms with van der Waals surface area (Å²) in [7, 11) is 3.49. The van der Waals surface area contributed by atoms with Crippen molar-refractivity contribution in [3.8, 4) is 0 Å². The van der Waals surface area contributed by atoms with Crippen LogP contribution in [0.2, 0.25) is 0 Å². The number of nitrogens with one attached hydrogen (secondary N) is 1. The van der Waals surface area contributed by atoms with Crippen LogP contribution in [-0.4, -0.2) is 64.1 Å². The van der Waals surface area contributed by atoms with Crippen molar-refractivity contribution in [2.75, 3.05) is 53.6 Å². The second kappa shape index (κ2) is 9.83. The summed E-state index contributed by atoms with van der Waals surface area (Å²) in [6.07, 6.45) is 1.16. The topological polar surface area (TPSA) is 33.7 Å². The molecule has 0 bridgehead atoms. The highest BCUT2D eigenvalue weighted by Gasteiger charge is 2.08. The monoisotopic (exact) mass is 246 g/mol. The molecule has 0 unspecified atom stereocenters. The Bertz CT molecular complexity index is 161. The first-order valence-electron chi connectivity index (χ1n) is 6.45. The zero-order valence-corrected chi connectivity index (χ0v) is 12.2. The first-order valence-corrected chi connectivity index (χ1v) is 6.45. The van der Waals surface area contributed by atoms with E-state index in [9.17, 15) is 0 Å². The largest absolute Gasteiger partial charge is 0.383 e. The molecule has 4 heteroatoms. The minimum Gasteiger partial charge on any atom is -0.383 e. The van der Waals surface area contributed by atoms with Crippen molar-refractivity contribution in [1.82, 2.24) is 10.2 Å². The van der Waals surface area contributed by atoms with Crippen molar-refractivity contribution < 1.29 is 9.47 Å². The molecule has 0 aliphatic carbocycles. The fourth-order valence-corrected chi connectivity index (χ4v) is 1.54. The quantitative estimate of drug-likeness (QED) is 0.590. The Kier molecular flexibility index (Phi) is 9.74. The summed E-state index contributed by atoms with van der Waals surface area (Å²) in [5, 5.41) is 3.50. The number of methoxy groups -OCH3 is 2. The molecule has 0 saturated carbocycles. The normalized spacial score (nSPS) is 12.4. The lowest BCUT2D eigenvalue weighted by atomic mass is 10.1. The van der Waals surface area contributed by atoms with Gasteiger partial charge in [0.15, 0.2) is 0 Å². The molecular weight excluding hydrogens is 216 g/mol. The van der Waals surface area contributed by atoms with Gasteiger partial charge in [-0.3, -0.25) is 4.90 Å². The van der Waals surface area contributed by atoms with E-state index in [4.69, 9.17) is 9.47 Å². The van der Waals surface area contributed by atoms with E-state index in [0.29, 0.717) is 0 Å². The molecule has 1 N–H and O–H groups in total. The van der Waals surface area contributed by atoms with Crippen molar-refractivity contribution in [3.63, 3.8) is 0 Å². The highest BCUT2D eigenvalue weighted by atomic mass is 16.5. The van der Waals surface area contributed by atoms with Gasteiger partial charge in [0, 0.05) is 32.8 Å². The third-order valence-corrected chi connectivity index (χ3v) is 2.53. The zero-order valence-electron chi connectivity index (χ0n) is 12.2. The zero-order chi connectivity index (χ0) is 13.1. The Morgan fingerprint density at radius 1 is 0.941 bits per heavy atom. The molecule has 0 aromatic heterocycles. The molecule has 0 aliphatic rings. The molecule has 4 nitrogen and oxygen atoms in total. The van der Waals surface area contributed by atoms with Crippen molar-refractivity contribution >= 4 is 0 Å². The van der Waals surface area contributed by atoms with Crippen LogP contribution in [0, 0.1) is 0 Å². The van der Waals surface area contributed by atoms with Gasteiger partial charge in [-0.1, -0.05) is 0 Å². The maximum Gasteiger partial charge on any atom is 0.0589 e. The van der Waals surface area contributed by atoms with Gasteiger partial charge in [0.1, 0.15) is 0 Å². The van der Waals surface area contributed by atoms with Crippen LogP contribution in [0.5, 0.6) is 0 Å². The van der Waals surface area contributed by atoms with E-state index < -0.39 is 0 Å². The first-order chi connectivity index (χ1) is 7.99. The predicted molar refractivity (Wildman–Crippen MR) is 72.6 cm³/mol. The average molecular weight is 246 g/mol. The van der Waals surface area contributed by atoms with Crippen LogP contribution in [0.25, 0.3) is 0 Å². The standard InChI is InChI=1S/C13H30N2O2/c1-13(2,3)14-7-6-8-15(9-11-16-4)10-12-17-5/h14H,6-12H2,1-5H3. The molecular formula is C13H30N2O2. The van der Waals surface area contributed by atoms with Gasteiger partial charge < -0.3 is 14.8 Å². The number of ether oxygens (including phenoxy) is 2. The summed E-state index contributed by atoms with van der Waals surface area (Å²) >= 11 is 0. The van der Waals surface area contributed by atoms with Crippen molar-refractivity contribution in [1.29, 1.82) is 0 Å². The molecule has 0 spiro atoms.